The second-order valence-electron chi connectivity index (χ2n) is 4.51. The lowest BCUT2D eigenvalue weighted by molar-refractivity contribution is 0.579. The van der Waals surface area contributed by atoms with Crippen LogP contribution in [0.25, 0.3) is 22.3 Å². The molecule has 1 heterocycles. The fourth-order valence-corrected chi connectivity index (χ4v) is 2.05. The van der Waals surface area contributed by atoms with Gasteiger partial charge in [0.05, 0.1) is 16.5 Å². The van der Waals surface area contributed by atoms with Gasteiger partial charge in [0, 0.05) is 6.07 Å². The predicted molar refractivity (Wildman–Crippen MR) is 72.5 cm³/mol. The number of hydrogen-bond donors (Lipinski definition) is 1. The highest BCUT2D eigenvalue weighted by atomic mass is 19.1. The Morgan fingerprint density at radius 2 is 1.85 bits per heavy atom. The molecule has 5 heteroatoms. The minimum Gasteiger partial charge on any atom is -0.306 e. The first-order chi connectivity index (χ1) is 9.56. The summed E-state index contributed by atoms with van der Waals surface area (Å²) in [6.45, 7) is 1.53. The van der Waals surface area contributed by atoms with E-state index in [1.54, 1.807) is 24.3 Å². The van der Waals surface area contributed by atoms with Crippen LogP contribution >= 0.6 is 0 Å². The van der Waals surface area contributed by atoms with Crippen molar-refractivity contribution in [3.63, 3.8) is 0 Å². The molecule has 0 amide bonds. The SMILES string of the molecule is Cc1cc(-c2nc3ccccc3c(=O)[nH]2)c(F)cc1F. The molecule has 0 atom stereocenters. The third-order valence-corrected chi connectivity index (χ3v) is 3.12. The van der Waals surface area contributed by atoms with Crippen molar-refractivity contribution in [1.29, 1.82) is 0 Å². The monoisotopic (exact) mass is 272 g/mol. The van der Waals surface area contributed by atoms with Crippen molar-refractivity contribution in [2.75, 3.05) is 0 Å². The topological polar surface area (TPSA) is 45.8 Å². The van der Waals surface area contributed by atoms with Crippen LogP contribution in [-0.2, 0) is 0 Å². The molecule has 3 nitrogen and oxygen atoms in total. The van der Waals surface area contributed by atoms with Gasteiger partial charge in [-0.3, -0.25) is 4.79 Å². The highest BCUT2D eigenvalue weighted by molar-refractivity contribution is 5.79. The number of aromatic amines is 1. The number of nitrogens with zero attached hydrogens (tertiary/aromatic N) is 1. The van der Waals surface area contributed by atoms with Crippen LogP contribution < -0.4 is 5.56 Å². The van der Waals surface area contributed by atoms with Gasteiger partial charge in [-0.2, -0.15) is 0 Å². The molecule has 0 aliphatic rings. The van der Waals surface area contributed by atoms with Crippen LogP contribution in [0, 0.1) is 18.6 Å². The van der Waals surface area contributed by atoms with Crippen molar-refractivity contribution in [3.05, 3.63) is 63.9 Å². The van der Waals surface area contributed by atoms with E-state index in [0.29, 0.717) is 10.9 Å². The zero-order chi connectivity index (χ0) is 14.3. The summed E-state index contributed by atoms with van der Waals surface area (Å²) in [5.41, 5.74) is 0.476. The standard InChI is InChI=1S/C15H10F2N2O/c1-8-6-10(12(17)7-11(8)16)14-18-13-5-3-2-4-9(13)15(20)19-14/h2-7H,1H3,(H,18,19,20). The Labute approximate surface area is 112 Å². The predicted octanol–water partition coefficient (Wildman–Crippen LogP) is 3.18. The average molecular weight is 272 g/mol. The van der Waals surface area contributed by atoms with Crippen molar-refractivity contribution in [1.82, 2.24) is 9.97 Å². The molecule has 0 fully saturated rings. The minimum absolute atomic E-state index is 0.0757. The van der Waals surface area contributed by atoms with Crippen molar-refractivity contribution in [2.24, 2.45) is 0 Å². The molecule has 0 saturated carbocycles. The van der Waals surface area contributed by atoms with Gasteiger partial charge in [0.15, 0.2) is 0 Å². The molecule has 20 heavy (non-hydrogen) atoms. The van der Waals surface area contributed by atoms with E-state index in [2.05, 4.69) is 9.97 Å². The molecule has 0 unspecified atom stereocenters. The van der Waals surface area contributed by atoms with Crippen LogP contribution in [-0.4, -0.2) is 9.97 Å². The molecule has 0 bridgehead atoms. The molecule has 0 aliphatic carbocycles. The van der Waals surface area contributed by atoms with E-state index in [9.17, 15) is 13.6 Å². The summed E-state index contributed by atoms with van der Waals surface area (Å²) >= 11 is 0. The summed E-state index contributed by atoms with van der Waals surface area (Å²) in [6.07, 6.45) is 0. The van der Waals surface area contributed by atoms with Gasteiger partial charge >= 0.3 is 0 Å². The lowest BCUT2D eigenvalue weighted by atomic mass is 10.1. The largest absolute Gasteiger partial charge is 0.306 e. The van der Waals surface area contributed by atoms with Gasteiger partial charge in [-0.15, -0.1) is 0 Å². The molecule has 0 spiro atoms. The van der Waals surface area contributed by atoms with E-state index < -0.39 is 11.6 Å². The van der Waals surface area contributed by atoms with Gasteiger partial charge in [-0.05, 0) is 30.7 Å². The van der Waals surface area contributed by atoms with Crippen molar-refractivity contribution >= 4 is 10.9 Å². The maximum absolute atomic E-state index is 13.8. The minimum atomic E-state index is -0.758. The normalized spacial score (nSPS) is 10.9. The summed E-state index contributed by atoms with van der Waals surface area (Å²) in [5.74, 6) is -1.30. The van der Waals surface area contributed by atoms with Crippen LogP contribution in [0.4, 0.5) is 8.78 Å². The van der Waals surface area contributed by atoms with Gasteiger partial charge in [0.1, 0.15) is 17.5 Å². The quantitative estimate of drug-likeness (QED) is 0.739. The summed E-state index contributed by atoms with van der Waals surface area (Å²) in [6, 6.07) is 8.89. The molecule has 3 rings (SSSR count). The van der Waals surface area contributed by atoms with Gasteiger partial charge in [0.25, 0.3) is 5.56 Å². The molecule has 3 aromatic rings. The Morgan fingerprint density at radius 1 is 1.10 bits per heavy atom. The third kappa shape index (κ3) is 1.97. The number of aryl methyl sites for hydroxylation is 1. The Morgan fingerprint density at radius 3 is 2.65 bits per heavy atom. The third-order valence-electron chi connectivity index (χ3n) is 3.12. The number of benzene rings is 2. The van der Waals surface area contributed by atoms with Crippen LogP contribution in [0.2, 0.25) is 0 Å². The second kappa shape index (κ2) is 4.52. The van der Waals surface area contributed by atoms with E-state index in [1.165, 1.54) is 13.0 Å². The molecule has 100 valence electrons. The van der Waals surface area contributed by atoms with Crippen LogP contribution in [0.5, 0.6) is 0 Å². The van der Waals surface area contributed by atoms with Crippen molar-refractivity contribution in [3.8, 4) is 11.4 Å². The number of halogens is 2. The van der Waals surface area contributed by atoms with Gasteiger partial charge < -0.3 is 4.98 Å². The first-order valence-corrected chi connectivity index (χ1v) is 6.01. The first-order valence-electron chi connectivity index (χ1n) is 6.01. The Balaban J connectivity index is 2.30. The molecular weight excluding hydrogens is 262 g/mol. The fraction of sp³-hybridized carbons (Fsp3) is 0.0667. The van der Waals surface area contributed by atoms with Crippen molar-refractivity contribution < 1.29 is 8.78 Å². The van der Waals surface area contributed by atoms with Crippen molar-refractivity contribution in [2.45, 2.75) is 6.92 Å². The maximum Gasteiger partial charge on any atom is 0.259 e. The lowest BCUT2D eigenvalue weighted by Gasteiger charge is -2.06. The van der Waals surface area contributed by atoms with Crippen LogP contribution in [0.1, 0.15) is 5.56 Å². The van der Waals surface area contributed by atoms with E-state index >= 15 is 0 Å². The Bertz CT molecular complexity index is 871. The molecule has 2 aromatic carbocycles. The summed E-state index contributed by atoms with van der Waals surface area (Å²) in [5, 5.41) is 0.426. The number of hydrogen-bond acceptors (Lipinski definition) is 2. The summed E-state index contributed by atoms with van der Waals surface area (Å²) in [4.78, 5) is 18.7. The second-order valence-corrected chi connectivity index (χ2v) is 4.51. The highest BCUT2D eigenvalue weighted by Crippen LogP contribution is 2.23. The summed E-state index contributed by atoms with van der Waals surface area (Å²) < 4.78 is 27.1. The number of fused-ring (bicyclic) bond motifs is 1. The van der Waals surface area contributed by atoms with E-state index in [4.69, 9.17) is 0 Å². The smallest absolute Gasteiger partial charge is 0.259 e. The first kappa shape index (κ1) is 12.5. The van der Waals surface area contributed by atoms with E-state index in [1.807, 2.05) is 0 Å². The highest BCUT2D eigenvalue weighted by Gasteiger charge is 2.12. The fourth-order valence-electron chi connectivity index (χ4n) is 2.05. The molecule has 1 N–H and O–H groups in total. The lowest BCUT2D eigenvalue weighted by Crippen LogP contribution is -2.10. The number of aromatic nitrogens is 2. The molecule has 0 aliphatic heterocycles. The Hall–Kier alpha value is -2.56. The van der Waals surface area contributed by atoms with E-state index in [0.717, 1.165) is 6.07 Å². The molecular formula is C15H10F2N2O. The molecule has 0 saturated heterocycles. The van der Waals surface area contributed by atoms with Crippen LogP contribution in [0.15, 0.2) is 41.2 Å². The molecule has 0 radical (unpaired) electrons. The maximum atomic E-state index is 13.8. The van der Waals surface area contributed by atoms with Gasteiger partial charge in [-0.25, -0.2) is 13.8 Å². The van der Waals surface area contributed by atoms with Gasteiger partial charge in [-0.1, -0.05) is 12.1 Å². The number of rotatable bonds is 1. The number of para-hydroxylation sites is 1. The zero-order valence-electron chi connectivity index (χ0n) is 10.6. The Kier molecular flexibility index (Phi) is 2.82. The van der Waals surface area contributed by atoms with E-state index in [-0.39, 0.29) is 22.5 Å². The average Bonchev–Trinajstić information content (AvgIpc) is 2.43. The zero-order valence-corrected chi connectivity index (χ0v) is 10.6. The van der Waals surface area contributed by atoms with Gasteiger partial charge in [0.2, 0.25) is 0 Å². The van der Waals surface area contributed by atoms with Crippen LogP contribution in [0.3, 0.4) is 0 Å². The number of H-pyrrole nitrogens is 1. The number of nitrogens with one attached hydrogen (secondary N) is 1. The molecule has 1 aromatic heterocycles. The summed E-state index contributed by atoms with van der Waals surface area (Å²) in [7, 11) is 0.